The van der Waals surface area contributed by atoms with E-state index in [1.807, 2.05) is 18.2 Å². The minimum atomic E-state index is 0.0867. The van der Waals surface area contributed by atoms with Gasteiger partial charge in [0.05, 0.1) is 18.9 Å². The van der Waals surface area contributed by atoms with E-state index in [0.29, 0.717) is 0 Å². The number of nitrogens with one attached hydrogen (secondary N) is 1. The van der Waals surface area contributed by atoms with Crippen molar-refractivity contribution in [2.75, 3.05) is 19.6 Å². The molecule has 1 aromatic carbocycles. The van der Waals surface area contributed by atoms with Gasteiger partial charge >= 0.3 is 0 Å². The zero-order valence-corrected chi connectivity index (χ0v) is 13.7. The maximum atomic E-state index is 9.29. The van der Waals surface area contributed by atoms with E-state index in [2.05, 4.69) is 35.3 Å². The maximum absolute atomic E-state index is 9.29. The molecule has 1 fully saturated rings. The van der Waals surface area contributed by atoms with E-state index < -0.39 is 0 Å². The Morgan fingerprint density at radius 3 is 2.74 bits per heavy atom. The normalized spacial score (nSPS) is 18.2. The van der Waals surface area contributed by atoms with Gasteiger partial charge in [0.1, 0.15) is 5.76 Å². The van der Waals surface area contributed by atoms with Gasteiger partial charge in [-0.2, -0.15) is 0 Å². The largest absolute Gasteiger partial charge is 0.468 e. The third kappa shape index (κ3) is 4.02. The number of aliphatic hydroxyl groups excluding tert-OH is 1. The number of aliphatic hydroxyl groups is 1. The van der Waals surface area contributed by atoms with E-state index in [1.54, 1.807) is 6.26 Å². The van der Waals surface area contributed by atoms with Gasteiger partial charge in [0.25, 0.3) is 0 Å². The Labute approximate surface area is 138 Å². The summed E-state index contributed by atoms with van der Waals surface area (Å²) in [4.78, 5) is 2.50. The minimum absolute atomic E-state index is 0.0867. The zero-order valence-electron chi connectivity index (χ0n) is 13.7. The lowest BCUT2D eigenvalue weighted by molar-refractivity contribution is 0.205. The Bertz CT molecular complexity index is 591. The molecule has 1 aromatic heterocycles. The van der Waals surface area contributed by atoms with Crippen LogP contribution in [0.2, 0.25) is 0 Å². The average Bonchev–Trinajstić information content (AvgIpc) is 3.29. The molecule has 1 aliphatic rings. The fourth-order valence-electron chi connectivity index (χ4n) is 3.31. The van der Waals surface area contributed by atoms with Crippen LogP contribution >= 0.6 is 0 Å². The molecule has 2 N–H and O–H groups in total. The van der Waals surface area contributed by atoms with Crippen LogP contribution in [0.1, 0.15) is 48.7 Å². The van der Waals surface area contributed by atoms with Crippen molar-refractivity contribution < 1.29 is 9.52 Å². The molecule has 1 saturated heterocycles. The molecule has 124 valence electrons. The highest BCUT2D eigenvalue weighted by Crippen LogP contribution is 2.26. The zero-order chi connectivity index (χ0) is 16.1. The van der Waals surface area contributed by atoms with Crippen molar-refractivity contribution >= 4 is 0 Å². The lowest BCUT2D eigenvalue weighted by Crippen LogP contribution is -2.35. The van der Waals surface area contributed by atoms with Gasteiger partial charge in [0.2, 0.25) is 0 Å². The second-order valence-electron chi connectivity index (χ2n) is 6.31. The van der Waals surface area contributed by atoms with Gasteiger partial charge in [-0.25, -0.2) is 0 Å². The molecule has 3 rings (SSSR count). The van der Waals surface area contributed by atoms with Crippen molar-refractivity contribution in [2.24, 2.45) is 0 Å². The highest BCUT2D eigenvalue weighted by atomic mass is 16.3. The second-order valence-corrected chi connectivity index (χ2v) is 6.31. The maximum Gasteiger partial charge on any atom is 0.122 e. The molecular formula is C19H26N2O2. The standard InChI is InChI=1S/C19H26N2O2/c1-15(17-7-4-6-16(12-17)14-22)20-13-18(19-8-5-11-23-19)21-9-2-3-10-21/h4-8,11-12,15,18,20,22H,2-3,9-10,13-14H2,1H3. The summed E-state index contributed by atoms with van der Waals surface area (Å²) in [7, 11) is 0. The van der Waals surface area contributed by atoms with Crippen molar-refractivity contribution in [1.82, 2.24) is 10.2 Å². The quantitative estimate of drug-likeness (QED) is 0.823. The van der Waals surface area contributed by atoms with Gasteiger partial charge in [-0.1, -0.05) is 24.3 Å². The first-order valence-electron chi connectivity index (χ1n) is 8.48. The predicted molar refractivity (Wildman–Crippen MR) is 91.0 cm³/mol. The summed E-state index contributed by atoms with van der Waals surface area (Å²) in [6.07, 6.45) is 4.29. The highest BCUT2D eigenvalue weighted by molar-refractivity contribution is 5.25. The number of rotatable bonds is 7. The first kappa shape index (κ1) is 16.2. The van der Waals surface area contributed by atoms with E-state index in [4.69, 9.17) is 4.42 Å². The van der Waals surface area contributed by atoms with Gasteiger partial charge < -0.3 is 14.8 Å². The molecule has 2 aromatic rings. The lowest BCUT2D eigenvalue weighted by atomic mass is 10.0. The SMILES string of the molecule is CC(NCC(c1ccco1)N1CCCC1)c1cccc(CO)c1. The van der Waals surface area contributed by atoms with Crippen LogP contribution in [-0.4, -0.2) is 29.6 Å². The van der Waals surface area contributed by atoms with Gasteiger partial charge in [0, 0.05) is 12.6 Å². The fraction of sp³-hybridized carbons (Fsp3) is 0.474. The number of hydrogen-bond donors (Lipinski definition) is 2. The minimum Gasteiger partial charge on any atom is -0.468 e. The fourth-order valence-corrected chi connectivity index (χ4v) is 3.31. The van der Waals surface area contributed by atoms with E-state index >= 15 is 0 Å². The first-order valence-corrected chi connectivity index (χ1v) is 8.48. The van der Waals surface area contributed by atoms with E-state index in [-0.39, 0.29) is 18.7 Å². The third-order valence-corrected chi connectivity index (χ3v) is 4.70. The van der Waals surface area contributed by atoms with Crippen LogP contribution in [0.15, 0.2) is 47.1 Å². The number of hydrogen-bond acceptors (Lipinski definition) is 4. The Balaban J connectivity index is 1.65. The van der Waals surface area contributed by atoms with Crippen molar-refractivity contribution in [2.45, 2.75) is 38.5 Å². The highest BCUT2D eigenvalue weighted by Gasteiger charge is 2.25. The van der Waals surface area contributed by atoms with Crippen molar-refractivity contribution in [3.8, 4) is 0 Å². The van der Waals surface area contributed by atoms with E-state index in [1.165, 1.54) is 18.4 Å². The summed E-state index contributed by atoms with van der Waals surface area (Å²) in [6, 6.07) is 12.7. The van der Waals surface area contributed by atoms with Crippen LogP contribution in [0.25, 0.3) is 0 Å². The molecule has 0 amide bonds. The smallest absolute Gasteiger partial charge is 0.122 e. The summed E-state index contributed by atoms with van der Waals surface area (Å²) in [5.41, 5.74) is 2.16. The summed E-state index contributed by atoms with van der Waals surface area (Å²) in [6.45, 7) is 5.39. The molecule has 1 aliphatic heterocycles. The molecule has 0 bridgehead atoms. The molecular weight excluding hydrogens is 288 g/mol. The van der Waals surface area contributed by atoms with Gasteiger partial charge in [0.15, 0.2) is 0 Å². The molecule has 0 spiro atoms. The molecule has 0 radical (unpaired) electrons. The molecule has 4 nitrogen and oxygen atoms in total. The number of furan rings is 1. The summed E-state index contributed by atoms with van der Waals surface area (Å²) < 4.78 is 5.67. The number of benzene rings is 1. The van der Waals surface area contributed by atoms with Gasteiger partial charge in [-0.3, -0.25) is 4.90 Å². The molecule has 4 heteroatoms. The third-order valence-electron chi connectivity index (χ3n) is 4.70. The van der Waals surface area contributed by atoms with Crippen LogP contribution in [0, 0.1) is 0 Å². The summed E-state index contributed by atoms with van der Waals surface area (Å²) >= 11 is 0. The molecule has 2 atom stereocenters. The van der Waals surface area contributed by atoms with Crippen LogP contribution in [0.5, 0.6) is 0 Å². The summed E-state index contributed by atoms with van der Waals surface area (Å²) in [5, 5.41) is 12.9. The predicted octanol–water partition coefficient (Wildman–Crippen LogP) is 3.26. The monoisotopic (exact) mass is 314 g/mol. The Kier molecular flexibility index (Phi) is 5.49. The lowest BCUT2D eigenvalue weighted by Gasteiger charge is -2.27. The topological polar surface area (TPSA) is 48.6 Å². The molecule has 0 aliphatic carbocycles. The number of likely N-dealkylation sites (tertiary alicyclic amines) is 1. The molecule has 2 unspecified atom stereocenters. The summed E-state index contributed by atoms with van der Waals surface area (Å²) in [5.74, 6) is 1.04. The van der Waals surface area contributed by atoms with Crippen LogP contribution in [-0.2, 0) is 6.61 Å². The van der Waals surface area contributed by atoms with Crippen molar-refractivity contribution in [1.29, 1.82) is 0 Å². The second kappa shape index (κ2) is 7.77. The van der Waals surface area contributed by atoms with Crippen LogP contribution in [0.4, 0.5) is 0 Å². The van der Waals surface area contributed by atoms with E-state index in [9.17, 15) is 5.11 Å². The van der Waals surface area contributed by atoms with Crippen molar-refractivity contribution in [3.05, 3.63) is 59.5 Å². The Hall–Kier alpha value is -1.62. The first-order chi connectivity index (χ1) is 11.3. The molecule has 2 heterocycles. The average molecular weight is 314 g/mol. The number of nitrogens with zero attached hydrogens (tertiary/aromatic N) is 1. The van der Waals surface area contributed by atoms with Gasteiger partial charge in [-0.05, 0) is 56.1 Å². The molecule has 0 saturated carbocycles. The van der Waals surface area contributed by atoms with Gasteiger partial charge in [-0.15, -0.1) is 0 Å². The van der Waals surface area contributed by atoms with E-state index in [0.717, 1.165) is 31.0 Å². The van der Waals surface area contributed by atoms with Crippen LogP contribution in [0.3, 0.4) is 0 Å². The Morgan fingerprint density at radius 1 is 1.22 bits per heavy atom. The van der Waals surface area contributed by atoms with Crippen molar-refractivity contribution in [3.63, 3.8) is 0 Å². The Morgan fingerprint density at radius 2 is 2.04 bits per heavy atom. The van der Waals surface area contributed by atoms with Crippen LogP contribution < -0.4 is 5.32 Å². The molecule has 23 heavy (non-hydrogen) atoms.